The number of non-ortho nitro benzene ring substituents is 1. The van der Waals surface area contributed by atoms with Gasteiger partial charge in [-0.1, -0.05) is 11.6 Å². The molecule has 1 aromatic carbocycles. The number of nitro groups is 1. The summed E-state index contributed by atoms with van der Waals surface area (Å²) in [5.41, 5.74) is 0.465. The van der Waals surface area contributed by atoms with Gasteiger partial charge in [0.25, 0.3) is 5.69 Å². The highest BCUT2D eigenvalue weighted by Crippen LogP contribution is 2.29. The number of aliphatic hydroxyl groups excluding tert-OH is 2. The number of nitrogens with zero attached hydrogens (tertiary/aromatic N) is 2. The van der Waals surface area contributed by atoms with Gasteiger partial charge in [-0.15, -0.1) is 0 Å². The molecule has 6 nitrogen and oxygen atoms in total. The average Bonchev–Trinajstić information content (AvgIpc) is 2.28. The Balaban J connectivity index is 2.99. The second-order valence-corrected chi connectivity index (χ2v) is 3.73. The van der Waals surface area contributed by atoms with Crippen LogP contribution in [0.3, 0.4) is 0 Å². The van der Waals surface area contributed by atoms with Crippen LogP contribution in [0.5, 0.6) is 0 Å². The smallest absolute Gasteiger partial charge is 0.271 e. The standard InChI is InChI=1S/C10H13ClN2O4/c11-9-7-8(13(16)17)1-2-10(9)12(3-5-14)4-6-15/h1-2,7,14-15H,3-6H2. The zero-order valence-electron chi connectivity index (χ0n) is 9.04. The van der Waals surface area contributed by atoms with Gasteiger partial charge < -0.3 is 15.1 Å². The van der Waals surface area contributed by atoms with Crippen molar-refractivity contribution in [1.29, 1.82) is 0 Å². The Morgan fingerprint density at radius 1 is 1.29 bits per heavy atom. The quantitative estimate of drug-likeness (QED) is 0.589. The Morgan fingerprint density at radius 3 is 2.29 bits per heavy atom. The number of nitro benzene ring substituents is 1. The number of hydrogen-bond acceptors (Lipinski definition) is 5. The SMILES string of the molecule is O=[N+]([O-])c1ccc(N(CCO)CCO)c(Cl)c1. The van der Waals surface area contributed by atoms with Crippen molar-refractivity contribution in [2.24, 2.45) is 0 Å². The van der Waals surface area contributed by atoms with Gasteiger partial charge in [-0.05, 0) is 6.07 Å². The van der Waals surface area contributed by atoms with Crippen molar-refractivity contribution >= 4 is 23.0 Å². The third-order valence-corrected chi connectivity index (χ3v) is 2.53. The lowest BCUT2D eigenvalue weighted by molar-refractivity contribution is -0.384. The maximum absolute atomic E-state index is 10.5. The Morgan fingerprint density at radius 2 is 1.88 bits per heavy atom. The molecule has 0 aliphatic carbocycles. The van der Waals surface area contributed by atoms with Crippen LogP contribution >= 0.6 is 11.6 Å². The lowest BCUT2D eigenvalue weighted by Gasteiger charge is -2.23. The zero-order valence-corrected chi connectivity index (χ0v) is 9.80. The highest BCUT2D eigenvalue weighted by atomic mass is 35.5. The van der Waals surface area contributed by atoms with E-state index in [0.29, 0.717) is 18.8 Å². The van der Waals surface area contributed by atoms with Crippen LogP contribution in [0.4, 0.5) is 11.4 Å². The van der Waals surface area contributed by atoms with Gasteiger partial charge in [-0.2, -0.15) is 0 Å². The van der Waals surface area contributed by atoms with Crippen LogP contribution in [0.25, 0.3) is 0 Å². The summed E-state index contributed by atoms with van der Waals surface area (Å²) in [7, 11) is 0. The maximum Gasteiger partial charge on any atom is 0.271 e. The van der Waals surface area contributed by atoms with Gasteiger partial charge in [0, 0.05) is 25.2 Å². The molecule has 17 heavy (non-hydrogen) atoms. The van der Waals surface area contributed by atoms with E-state index in [1.54, 1.807) is 4.90 Å². The van der Waals surface area contributed by atoms with Crippen LogP contribution in [0.2, 0.25) is 5.02 Å². The molecule has 94 valence electrons. The highest BCUT2D eigenvalue weighted by Gasteiger charge is 2.13. The molecule has 0 radical (unpaired) electrons. The molecule has 0 amide bonds. The third-order valence-electron chi connectivity index (χ3n) is 2.22. The Labute approximate surface area is 103 Å². The lowest BCUT2D eigenvalue weighted by atomic mass is 10.2. The number of rotatable bonds is 6. The van der Waals surface area contributed by atoms with Crippen molar-refractivity contribution in [3.8, 4) is 0 Å². The van der Waals surface area contributed by atoms with Crippen LogP contribution in [0.15, 0.2) is 18.2 Å². The van der Waals surface area contributed by atoms with Crippen molar-refractivity contribution in [2.45, 2.75) is 0 Å². The van der Waals surface area contributed by atoms with Crippen molar-refractivity contribution < 1.29 is 15.1 Å². The molecule has 0 saturated carbocycles. The molecule has 2 N–H and O–H groups in total. The number of aliphatic hydroxyl groups is 2. The predicted octanol–water partition coefficient (Wildman–Crippen LogP) is 1.04. The van der Waals surface area contributed by atoms with Gasteiger partial charge in [-0.3, -0.25) is 10.1 Å². The molecular weight excluding hydrogens is 248 g/mol. The summed E-state index contributed by atoms with van der Waals surface area (Å²) in [6, 6.07) is 4.09. The first-order valence-corrected chi connectivity index (χ1v) is 5.38. The Hall–Kier alpha value is -1.37. The van der Waals surface area contributed by atoms with Gasteiger partial charge >= 0.3 is 0 Å². The first kappa shape index (κ1) is 13.7. The molecule has 0 atom stereocenters. The minimum absolute atomic E-state index is 0.0900. The first-order chi connectivity index (χ1) is 8.10. The van der Waals surface area contributed by atoms with Gasteiger partial charge in [0.15, 0.2) is 0 Å². The summed E-state index contributed by atoms with van der Waals surface area (Å²) in [4.78, 5) is 11.7. The summed E-state index contributed by atoms with van der Waals surface area (Å²) in [5.74, 6) is 0. The van der Waals surface area contributed by atoms with Gasteiger partial charge in [0.2, 0.25) is 0 Å². The second-order valence-electron chi connectivity index (χ2n) is 3.33. The van der Waals surface area contributed by atoms with Crippen molar-refractivity contribution in [3.05, 3.63) is 33.3 Å². The molecule has 0 fully saturated rings. The topological polar surface area (TPSA) is 86.8 Å². The first-order valence-electron chi connectivity index (χ1n) is 5.00. The molecule has 0 aromatic heterocycles. The van der Waals surface area contributed by atoms with Crippen LogP contribution in [0.1, 0.15) is 0 Å². The summed E-state index contributed by atoms with van der Waals surface area (Å²) < 4.78 is 0. The number of hydrogen-bond donors (Lipinski definition) is 2. The highest BCUT2D eigenvalue weighted by molar-refractivity contribution is 6.33. The van der Waals surface area contributed by atoms with E-state index in [-0.39, 0.29) is 23.9 Å². The van der Waals surface area contributed by atoms with Crippen LogP contribution in [-0.4, -0.2) is 41.4 Å². The fourth-order valence-electron chi connectivity index (χ4n) is 1.46. The van der Waals surface area contributed by atoms with Crippen molar-refractivity contribution in [2.75, 3.05) is 31.2 Å². The molecule has 0 aliphatic rings. The lowest BCUT2D eigenvalue weighted by Crippen LogP contribution is -2.29. The van der Waals surface area contributed by atoms with Gasteiger partial charge in [-0.25, -0.2) is 0 Å². The summed E-state index contributed by atoms with van der Waals surface area (Å²) in [5, 5.41) is 28.5. The van der Waals surface area contributed by atoms with E-state index in [2.05, 4.69) is 0 Å². The summed E-state index contributed by atoms with van der Waals surface area (Å²) in [6.07, 6.45) is 0. The molecule has 0 saturated heterocycles. The molecule has 1 aromatic rings. The molecule has 0 aliphatic heterocycles. The van der Waals surface area contributed by atoms with Crippen LogP contribution < -0.4 is 4.90 Å². The molecule has 0 heterocycles. The van der Waals surface area contributed by atoms with Crippen molar-refractivity contribution in [1.82, 2.24) is 0 Å². The van der Waals surface area contributed by atoms with Crippen molar-refractivity contribution in [3.63, 3.8) is 0 Å². The molecule has 0 bridgehead atoms. The monoisotopic (exact) mass is 260 g/mol. The summed E-state index contributed by atoms with van der Waals surface area (Å²) in [6.45, 7) is 0.427. The van der Waals surface area contributed by atoms with Gasteiger partial charge in [0.1, 0.15) is 0 Å². The second kappa shape index (κ2) is 6.39. The fourth-order valence-corrected chi connectivity index (χ4v) is 1.75. The fraction of sp³-hybridized carbons (Fsp3) is 0.400. The normalized spacial score (nSPS) is 10.3. The zero-order chi connectivity index (χ0) is 12.8. The van der Waals surface area contributed by atoms with E-state index >= 15 is 0 Å². The Bertz CT molecular complexity index is 394. The summed E-state index contributed by atoms with van der Waals surface area (Å²) >= 11 is 5.93. The van der Waals surface area contributed by atoms with E-state index in [1.165, 1.54) is 18.2 Å². The van der Waals surface area contributed by atoms with E-state index in [0.717, 1.165) is 0 Å². The molecule has 1 rings (SSSR count). The number of benzene rings is 1. The van der Waals surface area contributed by atoms with Crippen LogP contribution in [0, 0.1) is 10.1 Å². The molecule has 0 spiro atoms. The van der Waals surface area contributed by atoms with Gasteiger partial charge in [0.05, 0.1) is 28.8 Å². The number of halogens is 1. The van der Waals surface area contributed by atoms with E-state index in [9.17, 15) is 10.1 Å². The van der Waals surface area contributed by atoms with E-state index in [4.69, 9.17) is 21.8 Å². The average molecular weight is 261 g/mol. The minimum Gasteiger partial charge on any atom is -0.395 e. The maximum atomic E-state index is 10.5. The van der Waals surface area contributed by atoms with E-state index in [1.807, 2.05) is 0 Å². The molecule has 7 heteroatoms. The predicted molar refractivity (Wildman–Crippen MR) is 64.5 cm³/mol. The largest absolute Gasteiger partial charge is 0.395 e. The minimum atomic E-state index is -0.530. The van der Waals surface area contributed by atoms with E-state index < -0.39 is 4.92 Å². The molecular formula is C10H13ClN2O4. The third kappa shape index (κ3) is 3.55. The molecule has 0 unspecified atom stereocenters. The number of anilines is 1. The Kier molecular flexibility index (Phi) is 5.14. The van der Waals surface area contributed by atoms with Crippen LogP contribution in [-0.2, 0) is 0 Å².